The number of carbonyl (C=O) groups excluding carboxylic acids is 1. The summed E-state index contributed by atoms with van der Waals surface area (Å²) >= 11 is 0. The van der Waals surface area contributed by atoms with Crippen LogP contribution in [0.2, 0.25) is 0 Å². The van der Waals surface area contributed by atoms with Gasteiger partial charge in [0.1, 0.15) is 5.75 Å². The minimum atomic E-state index is -0.299. The second-order valence-electron chi connectivity index (χ2n) is 4.97. The molecule has 0 bridgehead atoms. The average Bonchev–Trinajstić information content (AvgIpc) is 2.43. The van der Waals surface area contributed by atoms with Crippen molar-refractivity contribution >= 4 is 23.4 Å². The molecule has 2 aromatic carbocycles. The molecule has 0 aliphatic carbocycles. The van der Waals surface area contributed by atoms with Crippen LogP contribution in [0.5, 0.6) is 5.75 Å². The fraction of sp³-hybridized carbons (Fsp3) is 0.118. The van der Waals surface area contributed by atoms with Gasteiger partial charge in [0.15, 0.2) is 0 Å². The first-order valence-corrected chi connectivity index (χ1v) is 6.60. The number of amides is 1. The third kappa shape index (κ3) is 3.86. The van der Waals surface area contributed by atoms with E-state index in [1.54, 1.807) is 31.2 Å². The van der Waals surface area contributed by atoms with Crippen molar-refractivity contribution in [2.75, 3.05) is 11.1 Å². The van der Waals surface area contributed by atoms with E-state index in [2.05, 4.69) is 5.32 Å². The Morgan fingerprint density at radius 1 is 1.19 bits per heavy atom. The molecule has 0 aromatic heterocycles. The van der Waals surface area contributed by atoms with E-state index >= 15 is 0 Å². The molecule has 0 aliphatic heterocycles. The summed E-state index contributed by atoms with van der Waals surface area (Å²) in [6.45, 7) is 3.70. The van der Waals surface area contributed by atoms with E-state index in [-0.39, 0.29) is 11.7 Å². The highest BCUT2D eigenvalue weighted by Crippen LogP contribution is 2.28. The van der Waals surface area contributed by atoms with Gasteiger partial charge in [-0.3, -0.25) is 4.79 Å². The lowest BCUT2D eigenvalue weighted by molar-refractivity contribution is -0.111. The molecule has 0 radical (unpaired) electrons. The number of phenols is 1. The van der Waals surface area contributed by atoms with Crippen molar-refractivity contribution < 1.29 is 9.90 Å². The van der Waals surface area contributed by atoms with E-state index in [1.165, 1.54) is 6.08 Å². The zero-order valence-corrected chi connectivity index (χ0v) is 12.1. The van der Waals surface area contributed by atoms with E-state index < -0.39 is 0 Å². The number of nitrogen functional groups attached to an aromatic ring is 1. The first-order valence-electron chi connectivity index (χ1n) is 6.60. The molecule has 0 unspecified atom stereocenters. The lowest BCUT2D eigenvalue weighted by Gasteiger charge is -2.09. The largest absolute Gasteiger partial charge is 0.505 e. The maximum atomic E-state index is 11.9. The van der Waals surface area contributed by atoms with Crippen LogP contribution in [0.25, 0.3) is 6.08 Å². The smallest absolute Gasteiger partial charge is 0.248 e. The minimum Gasteiger partial charge on any atom is -0.505 e. The van der Waals surface area contributed by atoms with Crippen molar-refractivity contribution in [1.82, 2.24) is 0 Å². The maximum absolute atomic E-state index is 11.9. The second kappa shape index (κ2) is 6.13. The topological polar surface area (TPSA) is 75.3 Å². The Kier molecular flexibility index (Phi) is 4.28. The predicted octanol–water partition coefficient (Wildman–Crippen LogP) is 3.24. The number of anilines is 2. The number of benzene rings is 2. The van der Waals surface area contributed by atoms with Gasteiger partial charge in [-0.15, -0.1) is 0 Å². The molecule has 0 saturated heterocycles. The van der Waals surface area contributed by atoms with E-state index in [9.17, 15) is 9.90 Å². The van der Waals surface area contributed by atoms with Crippen LogP contribution in [0.1, 0.15) is 16.7 Å². The zero-order chi connectivity index (χ0) is 15.4. The molecule has 2 rings (SSSR count). The van der Waals surface area contributed by atoms with Crippen LogP contribution in [0, 0.1) is 13.8 Å². The van der Waals surface area contributed by atoms with Crippen molar-refractivity contribution in [3.05, 3.63) is 59.2 Å². The number of aromatic hydroxyl groups is 1. The number of nitrogens with two attached hydrogens (primary N) is 1. The van der Waals surface area contributed by atoms with Crippen LogP contribution in [0.3, 0.4) is 0 Å². The van der Waals surface area contributed by atoms with Crippen LogP contribution in [0.15, 0.2) is 42.5 Å². The molecule has 4 nitrogen and oxygen atoms in total. The second-order valence-corrected chi connectivity index (χ2v) is 4.97. The number of nitrogens with one attached hydrogen (secondary N) is 1. The third-order valence-electron chi connectivity index (χ3n) is 3.07. The summed E-state index contributed by atoms with van der Waals surface area (Å²) in [7, 11) is 0. The van der Waals surface area contributed by atoms with Crippen LogP contribution >= 0.6 is 0 Å². The van der Waals surface area contributed by atoms with Gasteiger partial charge in [-0.25, -0.2) is 0 Å². The Bertz CT molecular complexity index is 689. The van der Waals surface area contributed by atoms with Crippen molar-refractivity contribution in [1.29, 1.82) is 0 Å². The summed E-state index contributed by atoms with van der Waals surface area (Å²) in [6.07, 6.45) is 3.11. The van der Waals surface area contributed by atoms with E-state index in [0.717, 1.165) is 16.7 Å². The van der Waals surface area contributed by atoms with Crippen LogP contribution in [-0.4, -0.2) is 11.0 Å². The van der Waals surface area contributed by atoms with Gasteiger partial charge in [0.25, 0.3) is 0 Å². The molecular weight excluding hydrogens is 264 g/mol. The highest BCUT2D eigenvalue weighted by Gasteiger charge is 2.07. The zero-order valence-electron chi connectivity index (χ0n) is 12.1. The number of hydrogen-bond acceptors (Lipinski definition) is 3. The molecular formula is C17H18N2O2. The molecule has 0 atom stereocenters. The highest BCUT2D eigenvalue weighted by atomic mass is 16.3. The fourth-order valence-electron chi connectivity index (χ4n) is 2.01. The Balaban J connectivity index is 2.10. The molecule has 1 amide bonds. The van der Waals surface area contributed by atoms with Gasteiger partial charge in [0, 0.05) is 11.8 Å². The van der Waals surface area contributed by atoms with Crippen molar-refractivity contribution in [2.24, 2.45) is 0 Å². The number of hydrogen-bond donors (Lipinski definition) is 3. The number of rotatable bonds is 3. The number of phenolic OH excluding ortho intramolecular Hbond substituents is 1. The third-order valence-corrected chi connectivity index (χ3v) is 3.07. The van der Waals surface area contributed by atoms with Gasteiger partial charge in [0.05, 0.1) is 5.69 Å². The molecule has 21 heavy (non-hydrogen) atoms. The van der Waals surface area contributed by atoms with Gasteiger partial charge in [-0.05, 0) is 54.8 Å². The lowest BCUT2D eigenvalue weighted by atomic mass is 10.1. The standard InChI is InChI=1S/C17H18N2O2/c1-11-9-12(2)17(21)15(10-11)19-16(20)8-5-13-3-6-14(18)7-4-13/h3-10,21H,18H2,1-2H3,(H,19,20)/b8-5+. The molecule has 0 saturated carbocycles. The molecule has 108 valence electrons. The Morgan fingerprint density at radius 3 is 2.52 bits per heavy atom. The van der Waals surface area contributed by atoms with Gasteiger partial charge < -0.3 is 16.2 Å². The van der Waals surface area contributed by atoms with Gasteiger partial charge >= 0.3 is 0 Å². The van der Waals surface area contributed by atoms with Crippen molar-refractivity contribution in [2.45, 2.75) is 13.8 Å². The van der Waals surface area contributed by atoms with Crippen LogP contribution in [0.4, 0.5) is 11.4 Å². The summed E-state index contributed by atoms with van der Waals surface area (Å²) in [5.74, 6) is -0.207. The highest BCUT2D eigenvalue weighted by molar-refractivity contribution is 6.02. The van der Waals surface area contributed by atoms with Crippen molar-refractivity contribution in [3.63, 3.8) is 0 Å². The molecule has 4 N–H and O–H groups in total. The van der Waals surface area contributed by atoms with Crippen LogP contribution < -0.4 is 11.1 Å². The first kappa shape index (κ1) is 14.7. The first-order chi connectivity index (χ1) is 9.95. The van der Waals surface area contributed by atoms with Gasteiger partial charge in [-0.1, -0.05) is 18.2 Å². The van der Waals surface area contributed by atoms with E-state index in [1.807, 2.05) is 25.1 Å². The Hall–Kier alpha value is -2.75. The lowest BCUT2D eigenvalue weighted by Crippen LogP contribution is -2.08. The normalized spacial score (nSPS) is 10.8. The molecule has 2 aromatic rings. The summed E-state index contributed by atoms with van der Waals surface area (Å²) in [6, 6.07) is 10.8. The SMILES string of the molecule is Cc1cc(C)c(O)c(NC(=O)/C=C/c2ccc(N)cc2)c1. The van der Waals surface area contributed by atoms with Gasteiger partial charge in [-0.2, -0.15) is 0 Å². The Morgan fingerprint density at radius 2 is 1.86 bits per heavy atom. The van der Waals surface area contributed by atoms with E-state index in [0.29, 0.717) is 11.4 Å². The summed E-state index contributed by atoms with van der Waals surface area (Å²) in [4.78, 5) is 11.9. The quantitative estimate of drug-likeness (QED) is 0.459. The van der Waals surface area contributed by atoms with Crippen molar-refractivity contribution in [3.8, 4) is 5.75 Å². The Labute approximate surface area is 123 Å². The minimum absolute atomic E-state index is 0.0924. The molecule has 0 heterocycles. The maximum Gasteiger partial charge on any atom is 0.248 e. The molecule has 0 spiro atoms. The molecule has 0 fully saturated rings. The molecule has 4 heteroatoms. The summed E-state index contributed by atoms with van der Waals surface area (Å²) in [5, 5.41) is 12.6. The number of carbonyl (C=O) groups is 1. The molecule has 0 aliphatic rings. The van der Waals surface area contributed by atoms with E-state index in [4.69, 9.17) is 5.73 Å². The van der Waals surface area contributed by atoms with Crippen LogP contribution in [-0.2, 0) is 4.79 Å². The summed E-state index contributed by atoms with van der Waals surface area (Å²) in [5.41, 5.74) is 9.28. The number of aryl methyl sites for hydroxylation is 2. The fourth-order valence-corrected chi connectivity index (χ4v) is 2.01. The van der Waals surface area contributed by atoms with Gasteiger partial charge in [0.2, 0.25) is 5.91 Å². The predicted molar refractivity (Wildman–Crippen MR) is 86.1 cm³/mol. The monoisotopic (exact) mass is 282 g/mol. The summed E-state index contributed by atoms with van der Waals surface area (Å²) < 4.78 is 0. The average molecular weight is 282 g/mol.